The number of halogens is 3. The minimum Gasteiger partial charge on any atom is -0.309 e. The zero-order valence-electron chi connectivity index (χ0n) is 11.5. The molecule has 0 saturated carbocycles. The lowest BCUT2D eigenvalue weighted by atomic mass is 9.88. The van der Waals surface area contributed by atoms with Crippen molar-refractivity contribution in [3.63, 3.8) is 0 Å². The second kappa shape index (κ2) is 5.90. The van der Waals surface area contributed by atoms with Crippen LogP contribution in [0.2, 0.25) is 0 Å². The van der Waals surface area contributed by atoms with Crippen LogP contribution in [0.1, 0.15) is 23.1 Å². The van der Waals surface area contributed by atoms with Gasteiger partial charge in [-0.1, -0.05) is 24.3 Å². The highest BCUT2D eigenvalue weighted by Crippen LogP contribution is 2.21. The Kier molecular flexibility index (Phi) is 3.97. The van der Waals surface area contributed by atoms with Crippen LogP contribution in [0.15, 0.2) is 36.4 Å². The standard InChI is InChI=1S/C17H16F3N/c18-15-9-17(20)16(19)8-13(15)10-21-14-6-5-11-3-1-2-4-12(11)7-14/h1-4,8-9,14,21H,5-7,10H2. The van der Waals surface area contributed by atoms with E-state index in [9.17, 15) is 13.2 Å². The quantitative estimate of drug-likeness (QED) is 0.849. The summed E-state index contributed by atoms with van der Waals surface area (Å²) in [5.74, 6) is -2.87. The Bertz CT molecular complexity index is 654. The lowest BCUT2D eigenvalue weighted by Gasteiger charge is -2.25. The van der Waals surface area contributed by atoms with Crippen LogP contribution in [0, 0.1) is 17.5 Å². The van der Waals surface area contributed by atoms with Gasteiger partial charge in [0.25, 0.3) is 0 Å². The molecule has 21 heavy (non-hydrogen) atoms. The van der Waals surface area contributed by atoms with E-state index in [2.05, 4.69) is 17.4 Å². The van der Waals surface area contributed by atoms with Gasteiger partial charge in [-0.05, 0) is 36.5 Å². The number of benzene rings is 2. The zero-order chi connectivity index (χ0) is 14.8. The maximum Gasteiger partial charge on any atom is 0.161 e. The summed E-state index contributed by atoms with van der Waals surface area (Å²) in [5, 5.41) is 3.24. The van der Waals surface area contributed by atoms with Gasteiger partial charge in [0.1, 0.15) is 5.82 Å². The number of hydrogen-bond acceptors (Lipinski definition) is 1. The Balaban J connectivity index is 1.66. The Morgan fingerprint density at radius 1 is 0.952 bits per heavy atom. The van der Waals surface area contributed by atoms with Crippen LogP contribution < -0.4 is 5.32 Å². The molecule has 2 aromatic carbocycles. The van der Waals surface area contributed by atoms with E-state index in [-0.39, 0.29) is 18.2 Å². The molecule has 1 atom stereocenters. The van der Waals surface area contributed by atoms with Gasteiger partial charge in [-0.25, -0.2) is 13.2 Å². The smallest absolute Gasteiger partial charge is 0.161 e. The Hall–Kier alpha value is -1.81. The minimum absolute atomic E-state index is 0.160. The highest BCUT2D eigenvalue weighted by atomic mass is 19.2. The van der Waals surface area contributed by atoms with Crippen molar-refractivity contribution in [3.05, 3.63) is 70.5 Å². The van der Waals surface area contributed by atoms with Crippen LogP contribution in [0.25, 0.3) is 0 Å². The Labute approximate surface area is 121 Å². The largest absolute Gasteiger partial charge is 0.309 e. The summed E-state index contributed by atoms with van der Waals surface area (Å²) in [5.41, 5.74) is 2.81. The van der Waals surface area contributed by atoms with Gasteiger partial charge in [0.15, 0.2) is 11.6 Å². The zero-order valence-corrected chi connectivity index (χ0v) is 11.5. The first-order chi connectivity index (χ1) is 10.1. The van der Waals surface area contributed by atoms with Crippen molar-refractivity contribution in [1.82, 2.24) is 5.32 Å². The first-order valence-corrected chi connectivity index (χ1v) is 7.07. The first-order valence-electron chi connectivity index (χ1n) is 7.07. The molecule has 2 aromatic rings. The van der Waals surface area contributed by atoms with E-state index in [0.717, 1.165) is 25.3 Å². The van der Waals surface area contributed by atoms with Crippen LogP contribution in [0.5, 0.6) is 0 Å². The monoisotopic (exact) mass is 291 g/mol. The average molecular weight is 291 g/mol. The third-order valence-corrected chi connectivity index (χ3v) is 4.02. The molecule has 0 amide bonds. The fourth-order valence-corrected chi connectivity index (χ4v) is 2.83. The lowest BCUT2D eigenvalue weighted by Crippen LogP contribution is -2.34. The number of rotatable bonds is 3. The molecule has 0 radical (unpaired) electrons. The summed E-state index contributed by atoms with van der Waals surface area (Å²) < 4.78 is 39.6. The topological polar surface area (TPSA) is 12.0 Å². The summed E-state index contributed by atoms with van der Waals surface area (Å²) in [6.07, 6.45) is 2.82. The molecule has 1 aliphatic carbocycles. The predicted molar refractivity (Wildman–Crippen MR) is 75.4 cm³/mol. The van der Waals surface area contributed by atoms with Crippen LogP contribution in [-0.2, 0) is 19.4 Å². The highest BCUT2D eigenvalue weighted by Gasteiger charge is 2.18. The molecule has 0 fully saturated rings. The van der Waals surface area contributed by atoms with Crippen LogP contribution in [-0.4, -0.2) is 6.04 Å². The van der Waals surface area contributed by atoms with E-state index in [4.69, 9.17) is 0 Å². The summed E-state index contributed by atoms with van der Waals surface area (Å²) in [4.78, 5) is 0. The minimum atomic E-state index is -1.15. The molecule has 110 valence electrons. The van der Waals surface area contributed by atoms with E-state index in [1.54, 1.807) is 0 Å². The van der Waals surface area contributed by atoms with Crippen molar-refractivity contribution >= 4 is 0 Å². The van der Waals surface area contributed by atoms with Crippen LogP contribution in [0.4, 0.5) is 13.2 Å². The molecule has 0 saturated heterocycles. The normalized spacial score (nSPS) is 17.6. The van der Waals surface area contributed by atoms with Gasteiger partial charge in [-0.15, -0.1) is 0 Å². The molecule has 0 bridgehead atoms. The maximum absolute atomic E-state index is 13.6. The molecule has 1 N–H and O–H groups in total. The van der Waals surface area contributed by atoms with Crippen molar-refractivity contribution < 1.29 is 13.2 Å². The molecule has 1 nitrogen and oxygen atoms in total. The fraction of sp³-hybridized carbons (Fsp3) is 0.294. The van der Waals surface area contributed by atoms with Gasteiger partial charge in [0.2, 0.25) is 0 Å². The Morgan fingerprint density at radius 3 is 2.48 bits per heavy atom. The van der Waals surface area contributed by atoms with Gasteiger partial charge in [-0.3, -0.25) is 0 Å². The summed E-state index contributed by atoms with van der Waals surface area (Å²) >= 11 is 0. The second-order valence-electron chi connectivity index (χ2n) is 5.45. The van der Waals surface area contributed by atoms with Crippen molar-refractivity contribution in [3.8, 4) is 0 Å². The number of nitrogens with one attached hydrogen (secondary N) is 1. The maximum atomic E-state index is 13.6. The first kappa shape index (κ1) is 14.1. The average Bonchev–Trinajstić information content (AvgIpc) is 2.49. The summed E-state index contributed by atoms with van der Waals surface area (Å²) in [6, 6.07) is 10.0. The number of aryl methyl sites for hydroxylation is 1. The van der Waals surface area contributed by atoms with E-state index >= 15 is 0 Å². The highest BCUT2D eigenvalue weighted by molar-refractivity contribution is 5.30. The number of hydrogen-bond donors (Lipinski definition) is 1. The molecule has 0 heterocycles. The molecule has 0 aliphatic heterocycles. The van der Waals surface area contributed by atoms with Gasteiger partial charge in [0.05, 0.1) is 0 Å². The third kappa shape index (κ3) is 3.10. The second-order valence-corrected chi connectivity index (χ2v) is 5.45. The molecule has 1 aliphatic rings. The van der Waals surface area contributed by atoms with E-state index in [0.29, 0.717) is 6.07 Å². The third-order valence-electron chi connectivity index (χ3n) is 4.02. The van der Waals surface area contributed by atoms with Crippen molar-refractivity contribution in [2.24, 2.45) is 0 Å². The van der Waals surface area contributed by atoms with Crippen LogP contribution in [0.3, 0.4) is 0 Å². The Morgan fingerprint density at radius 2 is 1.67 bits per heavy atom. The predicted octanol–water partition coefficient (Wildman–Crippen LogP) is 3.75. The summed E-state index contributed by atoms with van der Waals surface area (Å²) in [7, 11) is 0. The van der Waals surface area contributed by atoms with Crippen molar-refractivity contribution in [1.29, 1.82) is 0 Å². The molecular weight excluding hydrogens is 275 g/mol. The van der Waals surface area contributed by atoms with E-state index < -0.39 is 17.5 Å². The van der Waals surface area contributed by atoms with E-state index in [1.165, 1.54) is 11.1 Å². The lowest BCUT2D eigenvalue weighted by molar-refractivity contribution is 0.444. The molecule has 3 rings (SSSR count). The molecular formula is C17H16F3N. The van der Waals surface area contributed by atoms with Gasteiger partial charge < -0.3 is 5.32 Å². The summed E-state index contributed by atoms with van der Waals surface area (Å²) in [6.45, 7) is 0.204. The van der Waals surface area contributed by atoms with E-state index in [1.807, 2.05) is 12.1 Å². The molecule has 1 unspecified atom stereocenters. The fourth-order valence-electron chi connectivity index (χ4n) is 2.83. The van der Waals surface area contributed by atoms with Gasteiger partial charge in [0, 0.05) is 24.2 Å². The number of fused-ring (bicyclic) bond motifs is 1. The van der Waals surface area contributed by atoms with Crippen molar-refractivity contribution in [2.45, 2.75) is 31.8 Å². The SMILES string of the molecule is Fc1cc(F)c(CNC2CCc3ccccc3C2)cc1F. The van der Waals surface area contributed by atoms with Gasteiger partial charge >= 0.3 is 0 Å². The van der Waals surface area contributed by atoms with Crippen molar-refractivity contribution in [2.75, 3.05) is 0 Å². The molecule has 0 spiro atoms. The van der Waals surface area contributed by atoms with Gasteiger partial charge in [-0.2, -0.15) is 0 Å². The van der Waals surface area contributed by atoms with Crippen LogP contribution >= 0.6 is 0 Å². The molecule has 4 heteroatoms. The molecule has 0 aromatic heterocycles.